The second kappa shape index (κ2) is 11.5. The van der Waals surface area contributed by atoms with Crippen molar-refractivity contribution in [2.75, 3.05) is 20.3 Å². The normalized spacial score (nSPS) is 21.6. The summed E-state index contributed by atoms with van der Waals surface area (Å²) in [5, 5.41) is 17.7. The van der Waals surface area contributed by atoms with Gasteiger partial charge in [0.1, 0.15) is 11.6 Å². The summed E-state index contributed by atoms with van der Waals surface area (Å²) in [5.74, 6) is -1.14. The van der Waals surface area contributed by atoms with E-state index in [0.717, 1.165) is 12.4 Å². The standard InChI is InChI=1S/C13H16F2O2.C3H7N.CH4N2/c1-2-13(6-9(7-16)8-17-13)11-4-3-10(14)5-12(11)15;1-3-4-2;2-1-3/h3-5,9,16H,2,6-8H2,1H3;3-4H,1H2,2H3;1H,(H3,2,3)/t9?,13-;;/m0../s1. The lowest BCUT2D eigenvalue weighted by atomic mass is 9.85. The summed E-state index contributed by atoms with van der Waals surface area (Å²) in [6.07, 6.45) is 3.55. The van der Waals surface area contributed by atoms with E-state index >= 15 is 0 Å². The van der Waals surface area contributed by atoms with E-state index < -0.39 is 17.2 Å². The molecule has 5 nitrogen and oxygen atoms in total. The molecule has 5 N–H and O–H groups in total. The molecule has 1 aliphatic rings. The van der Waals surface area contributed by atoms with Crippen molar-refractivity contribution < 1.29 is 18.6 Å². The first-order chi connectivity index (χ1) is 11.4. The SMILES string of the molecule is C=CNC.CC[C@@]1(c2ccc(F)cc2F)CC(CO)CO1.N=CN. The summed E-state index contributed by atoms with van der Waals surface area (Å²) in [5.41, 5.74) is 4.06. The Balaban J connectivity index is 0.000000648. The maximum Gasteiger partial charge on any atom is 0.132 e. The number of benzene rings is 1. The maximum atomic E-state index is 13.8. The molecule has 24 heavy (non-hydrogen) atoms. The average Bonchev–Trinajstić information content (AvgIpc) is 3.00. The van der Waals surface area contributed by atoms with Crippen LogP contribution < -0.4 is 11.1 Å². The monoisotopic (exact) mass is 343 g/mol. The van der Waals surface area contributed by atoms with E-state index in [-0.39, 0.29) is 12.5 Å². The number of aliphatic hydroxyl groups excluding tert-OH is 1. The van der Waals surface area contributed by atoms with Crippen LogP contribution in [0.5, 0.6) is 0 Å². The zero-order valence-corrected chi connectivity index (χ0v) is 14.2. The van der Waals surface area contributed by atoms with Gasteiger partial charge in [0.15, 0.2) is 0 Å². The predicted molar refractivity (Wildman–Crippen MR) is 91.7 cm³/mol. The van der Waals surface area contributed by atoms with Gasteiger partial charge in [0.05, 0.1) is 18.5 Å². The summed E-state index contributed by atoms with van der Waals surface area (Å²) in [6.45, 7) is 5.72. The van der Waals surface area contributed by atoms with E-state index in [1.165, 1.54) is 12.1 Å². The fraction of sp³-hybridized carbons (Fsp3) is 0.471. The van der Waals surface area contributed by atoms with Crippen molar-refractivity contribution in [3.63, 3.8) is 0 Å². The largest absolute Gasteiger partial charge is 0.396 e. The van der Waals surface area contributed by atoms with Gasteiger partial charge in [0.2, 0.25) is 0 Å². The zero-order valence-electron chi connectivity index (χ0n) is 14.2. The molecule has 2 rings (SSSR count). The molecule has 0 saturated carbocycles. The number of halogens is 2. The molecule has 136 valence electrons. The Bertz CT molecular complexity index is 515. The van der Waals surface area contributed by atoms with Gasteiger partial charge in [0, 0.05) is 31.2 Å². The lowest BCUT2D eigenvalue weighted by Gasteiger charge is -2.28. The van der Waals surface area contributed by atoms with Gasteiger partial charge in [0.25, 0.3) is 0 Å². The summed E-state index contributed by atoms with van der Waals surface area (Å²) < 4.78 is 32.3. The Labute approximate surface area is 142 Å². The van der Waals surface area contributed by atoms with Crippen LogP contribution >= 0.6 is 0 Å². The number of nitrogens with two attached hydrogens (primary N) is 1. The third-order valence-corrected chi connectivity index (χ3v) is 3.67. The van der Waals surface area contributed by atoms with Gasteiger partial charge in [-0.3, -0.25) is 5.41 Å². The summed E-state index contributed by atoms with van der Waals surface area (Å²) >= 11 is 0. The molecule has 0 radical (unpaired) electrons. The molecular weight excluding hydrogens is 316 g/mol. The highest BCUT2D eigenvalue weighted by molar-refractivity contribution is 5.46. The van der Waals surface area contributed by atoms with E-state index in [0.29, 0.717) is 25.0 Å². The van der Waals surface area contributed by atoms with Crippen LogP contribution in [0.25, 0.3) is 0 Å². The molecular formula is C17H27F2N3O2. The van der Waals surface area contributed by atoms with Crippen molar-refractivity contribution in [1.82, 2.24) is 5.32 Å². The number of aliphatic hydroxyl groups is 1. The lowest BCUT2D eigenvalue weighted by molar-refractivity contribution is -0.00727. The molecule has 1 saturated heterocycles. The van der Waals surface area contributed by atoms with Crippen molar-refractivity contribution in [2.24, 2.45) is 11.7 Å². The molecule has 0 bridgehead atoms. The zero-order chi connectivity index (χ0) is 18.6. The molecule has 1 aliphatic heterocycles. The van der Waals surface area contributed by atoms with E-state index in [1.54, 1.807) is 6.20 Å². The first kappa shape index (κ1) is 22.0. The number of ether oxygens (including phenoxy) is 1. The topological polar surface area (TPSA) is 91.4 Å². The van der Waals surface area contributed by atoms with Gasteiger partial charge in [-0.1, -0.05) is 19.6 Å². The Kier molecular flexibility index (Phi) is 10.6. The molecule has 7 heteroatoms. The van der Waals surface area contributed by atoms with Crippen LogP contribution in [0.1, 0.15) is 25.3 Å². The van der Waals surface area contributed by atoms with Crippen molar-refractivity contribution in [1.29, 1.82) is 5.41 Å². The number of rotatable bonds is 4. The minimum atomic E-state index is -0.717. The molecule has 1 aromatic rings. The minimum absolute atomic E-state index is 0.0272. The lowest BCUT2D eigenvalue weighted by Crippen LogP contribution is -2.25. The van der Waals surface area contributed by atoms with Crippen molar-refractivity contribution >= 4 is 6.34 Å². The molecule has 0 aromatic heterocycles. The van der Waals surface area contributed by atoms with Gasteiger partial charge < -0.3 is 20.9 Å². The Morgan fingerprint density at radius 2 is 2.12 bits per heavy atom. The molecule has 0 aliphatic carbocycles. The molecule has 1 fully saturated rings. The van der Waals surface area contributed by atoms with Gasteiger partial charge in [-0.15, -0.1) is 0 Å². The molecule has 1 unspecified atom stereocenters. The summed E-state index contributed by atoms with van der Waals surface area (Å²) in [7, 11) is 1.81. The summed E-state index contributed by atoms with van der Waals surface area (Å²) in [4.78, 5) is 0. The minimum Gasteiger partial charge on any atom is -0.396 e. The highest BCUT2D eigenvalue weighted by atomic mass is 19.1. The van der Waals surface area contributed by atoms with Crippen LogP contribution in [-0.2, 0) is 10.3 Å². The fourth-order valence-corrected chi connectivity index (χ4v) is 2.46. The number of nitrogens with one attached hydrogen (secondary N) is 2. The fourth-order valence-electron chi connectivity index (χ4n) is 2.46. The van der Waals surface area contributed by atoms with E-state index in [1.807, 2.05) is 14.0 Å². The van der Waals surface area contributed by atoms with Crippen molar-refractivity contribution in [2.45, 2.75) is 25.4 Å². The Hall–Kier alpha value is -1.99. The van der Waals surface area contributed by atoms with Crippen LogP contribution in [0.2, 0.25) is 0 Å². The van der Waals surface area contributed by atoms with Crippen molar-refractivity contribution in [3.05, 3.63) is 48.2 Å². The Morgan fingerprint density at radius 1 is 1.54 bits per heavy atom. The smallest absolute Gasteiger partial charge is 0.132 e. The summed E-state index contributed by atoms with van der Waals surface area (Å²) in [6, 6.07) is 3.56. The maximum absolute atomic E-state index is 13.8. The third kappa shape index (κ3) is 6.25. The number of hydrogen-bond acceptors (Lipinski definition) is 4. The number of hydrogen-bond donors (Lipinski definition) is 4. The third-order valence-electron chi connectivity index (χ3n) is 3.67. The second-order valence-electron chi connectivity index (χ2n) is 5.20. The molecule has 2 atom stereocenters. The van der Waals surface area contributed by atoms with Gasteiger partial charge >= 0.3 is 0 Å². The molecule has 1 aromatic carbocycles. The molecule has 0 spiro atoms. The molecule has 0 amide bonds. The van der Waals surface area contributed by atoms with Crippen LogP contribution in [0.4, 0.5) is 8.78 Å². The highest BCUT2D eigenvalue weighted by Crippen LogP contribution is 2.42. The van der Waals surface area contributed by atoms with E-state index in [2.05, 4.69) is 17.6 Å². The predicted octanol–water partition coefficient (Wildman–Crippen LogP) is 2.50. The quantitative estimate of drug-likeness (QED) is 0.499. The van der Waals surface area contributed by atoms with E-state index in [9.17, 15) is 8.78 Å². The molecule has 1 heterocycles. The van der Waals surface area contributed by atoms with Gasteiger partial charge in [-0.05, 0) is 25.1 Å². The average molecular weight is 343 g/mol. The van der Waals surface area contributed by atoms with Crippen LogP contribution in [0, 0.1) is 23.0 Å². The first-order valence-electron chi connectivity index (χ1n) is 7.63. The highest BCUT2D eigenvalue weighted by Gasteiger charge is 2.41. The van der Waals surface area contributed by atoms with Crippen LogP contribution in [-0.4, -0.2) is 31.7 Å². The second-order valence-corrected chi connectivity index (χ2v) is 5.20. The van der Waals surface area contributed by atoms with Gasteiger partial charge in [-0.2, -0.15) is 0 Å². The van der Waals surface area contributed by atoms with Crippen molar-refractivity contribution in [3.8, 4) is 0 Å². The van der Waals surface area contributed by atoms with Gasteiger partial charge in [-0.25, -0.2) is 8.78 Å². The first-order valence-corrected chi connectivity index (χ1v) is 7.63. The Morgan fingerprint density at radius 3 is 2.50 bits per heavy atom. The van der Waals surface area contributed by atoms with Crippen LogP contribution in [0.15, 0.2) is 31.0 Å². The van der Waals surface area contributed by atoms with Crippen LogP contribution in [0.3, 0.4) is 0 Å². The van der Waals surface area contributed by atoms with E-state index in [4.69, 9.17) is 15.3 Å².